The van der Waals surface area contributed by atoms with Crippen LogP contribution in [0.15, 0.2) is 279 Å². The molecule has 6 heteroatoms. The second kappa shape index (κ2) is 21.0. The van der Waals surface area contributed by atoms with E-state index in [4.69, 9.17) is 19.9 Å². The maximum absolute atomic E-state index is 5.49. The van der Waals surface area contributed by atoms with Crippen molar-refractivity contribution in [1.29, 1.82) is 0 Å². The van der Waals surface area contributed by atoms with Gasteiger partial charge in [-0.2, -0.15) is 0 Å². The largest absolute Gasteiger partial charge is 0.252 e. The summed E-state index contributed by atoms with van der Waals surface area (Å²) in [5, 5.41) is 14.5. The number of hydrogen-bond acceptors (Lipinski definition) is 6. The van der Waals surface area contributed by atoms with Gasteiger partial charge < -0.3 is 0 Å². The lowest BCUT2D eigenvalue weighted by molar-refractivity contribution is 1.31. The third-order valence-corrected chi connectivity index (χ3v) is 19.8. The van der Waals surface area contributed by atoms with Crippen molar-refractivity contribution in [3.63, 3.8) is 0 Å². The molecular weight excluding hydrogens is 1110 g/mol. The van der Waals surface area contributed by atoms with Crippen LogP contribution in [0.5, 0.6) is 0 Å². The highest BCUT2D eigenvalue weighted by Gasteiger charge is 2.20. The van der Waals surface area contributed by atoms with Gasteiger partial charge in [-0.25, -0.2) is 9.97 Å². The molecule has 0 saturated carbocycles. The summed E-state index contributed by atoms with van der Waals surface area (Å²) in [5.74, 6) is 0. The summed E-state index contributed by atoms with van der Waals surface area (Å²) in [5.41, 5.74) is 19.5. The summed E-state index contributed by atoms with van der Waals surface area (Å²) < 4.78 is 5.25. The number of aryl methyl sites for hydroxylation is 2. The van der Waals surface area contributed by atoms with E-state index < -0.39 is 0 Å². The van der Waals surface area contributed by atoms with Crippen molar-refractivity contribution in [2.75, 3.05) is 0 Å². The first-order valence-electron chi connectivity index (χ1n) is 29.8. The monoisotopic (exact) mass is 1160 g/mol. The zero-order valence-electron chi connectivity index (χ0n) is 48.2. The molecule has 14 aromatic carbocycles. The normalized spacial score (nSPS) is 11.8. The summed E-state index contributed by atoms with van der Waals surface area (Å²) in [6.07, 6.45) is 3.91. The lowest BCUT2D eigenvalue weighted by Crippen LogP contribution is -1.94. The van der Waals surface area contributed by atoms with E-state index in [-0.39, 0.29) is 0 Å². The van der Waals surface area contributed by atoms with Crippen molar-refractivity contribution in [3.8, 4) is 67.0 Å². The maximum atomic E-state index is 5.49. The summed E-state index contributed by atoms with van der Waals surface area (Å²) >= 11 is 3.70. The highest BCUT2D eigenvalue weighted by Crippen LogP contribution is 2.44. The second-order valence-electron chi connectivity index (χ2n) is 23.0. The van der Waals surface area contributed by atoms with Gasteiger partial charge >= 0.3 is 0 Å². The number of thiophene rings is 2. The van der Waals surface area contributed by atoms with Gasteiger partial charge in [0, 0.05) is 73.0 Å². The number of fused-ring (bicyclic) bond motifs is 18. The smallest absolute Gasteiger partial charge is 0.0979 e. The van der Waals surface area contributed by atoms with Crippen molar-refractivity contribution in [2.24, 2.45) is 0 Å². The van der Waals surface area contributed by atoms with Gasteiger partial charge in [-0.15, -0.1) is 22.7 Å². The predicted molar refractivity (Wildman–Crippen MR) is 377 cm³/mol. The molecule has 0 aliphatic carbocycles. The van der Waals surface area contributed by atoms with E-state index in [1.807, 2.05) is 35.1 Å². The van der Waals surface area contributed by atoms with Crippen LogP contribution >= 0.6 is 22.7 Å². The fourth-order valence-electron chi connectivity index (χ4n) is 13.3. The first-order valence-corrected chi connectivity index (χ1v) is 31.4. The number of benzene rings is 14. The van der Waals surface area contributed by atoms with Crippen molar-refractivity contribution in [2.45, 2.75) is 13.8 Å². The molecule has 18 rings (SSSR count). The second-order valence-corrected chi connectivity index (χ2v) is 25.1. The van der Waals surface area contributed by atoms with Crippen molar-refractivity contribution in [1.82, 2.24) is 19.9 Å². The fraction of sp³-hybridized carbons (Fsp3) is 0.0244. The van der Waals surface area contributed by atoms with E-state index in [9.17, 15) is 0 Å². The molecule has 0 spiro atoms. The van der Waals surface area contributed by atoms with Gasteiger partial charge in [-0.1, -0.05) is 217 Å². The van der Waals surface area contributed by atoms with E-state index >= 15 is 0 Å². The SMILES string of the molecule is Cc1ccc2c3ccc(C)cc3c3nc(-c4ccccc4-c4ccc5sc6ccccc6c5c4)cnc3c2c1.c1ccc(-c2ccc3c4ccc(-c5ccccc5)cc4c4nc(-c5ccccc5-c5ccc6sc7ccccc7c6c5)cnc4c3c2)cc1. The lowest BCUT2D eigenvalue weighted by atomic mass is 9.93. The maximum Gasteiger partial charge on any atom is 0.0979 e. The van der Waals surface area contributed by atoms with Crippen molar-refractivity contribution >= 4 is 128 Å². The topological polar surface area (TPSA) is 51.6 Å². The average Bonchev–Trinajstić information content (AvgIpc) is 1.21. The fourth-order valence-corrected chi connectivity index (χ4v) is 15.4. The van der Waals surface area contributed by atoms with E-state index in [0.29, 0.717) is 0 Å². The molecule has 18 aromatic rings. The minimum Gasteiger partial charge on any atom is -0.252 e. The zero-order chi connectivity index (χ0) is 58.4. The van der Waals surface area contributed by atoms with Crippen LogP contribution in [0.2, 0.25) is 0 Å². The molecular formula is C82H52N4S2. The van der Waals surface area contributed by atoms with Gasteiger partial charge in [-0.3, -0.25) is 9.97 Å². The minimum atomic E-state index is 0.864. The molecule has 4 nitrogen and oxygen atoms in total. The first-order chi connectivity index (χ1) is 43.4. The highest BCUT2D eigenvalue weighted by atomic mass is 32.1. The van der Waals surface area contributed by atoms with E-state index in [1.54, 1.807) is 0 Å². The lowest BCUT2D eigenvalue weighted by Gasteiger charge is -2.14. The molecule has 0 aliphatic heterocycles. The van der Waals surface area contributed by atoms with E-state index in [1.165, 1.54) is 112 Å². The van der Waals surface area contributed by atoms with Gasteiger partial charge in [0.1, 0.15) is 0 Å². The van der Waals surface area contributed by atoms with Crippen LogP contribution < -0.4 is 0 Å². The third-order valence-electron chi connectivity index (χ3n) is 17.5. The zero-order valence-corrected chi connectivity index (χ0v) is 49.8. The van der Waals surface area contributed by atoms with Crippen LogP contribution in [-0.4, -0.2) is 19.9 Å². The number of nitrogens with zero attached hydrogens (tertiary/aromatic N) is 4. The van der Waals surface area contributed by atoms with E-state index in [0.717, 1.165) is 71.7 Å². The number of hydrogen-bond donors (Lipinski definition) is 0. The molecule has 0 N–H and O–H groups in total. The number of rotatable bonds is 6. The van der Waals surface area contributed by atoms with E-state index in [2.05, 4.69) is 281 Å². The average molecular weight is 1160 g/mol. The Morgan fingerprint density at radius 3 is 1.03 bits per heavy atom. The number of aromatic nitrogens is 4. The molecule has 0 bridgehead atoms. The molecule has 88 heavy (non-hydrogen) atoms. The van der Waals surface area contributed by atoms with Crippen LogP contribution in [-0.2, 0) is 0 Å². The molecule has 0 radical (unpaired) electrons. The molecule has 0 aliphatic rings. The van der Waals surface area contributed by atoms with Crippen LogP contribution in [0.4, 0.5) is 0 Å². The molecule has 0 unspecified atom stereocenters. The van der Waals surface area contributed by atoms with Crippen LogP contribution in [0.3, 0.4) is 0 Å². The van der Waals surface area contributed by atoms with Gasteiger partial charge in [0.2, 0.25) is 0 Å². The van der Waals surface area contributed by atoms with Crippen molar-refractivity contribution < 1.29 is 0 Å². The van der Waals surface area contributed by atoms with Crippen LogP contribution in [0, 0.1) is 13.8 Å². The predicted octanol–water partition coefficient (Wildman–Crippen LogP) is 23.2. The van der Waals surface area contributed by atoms with Gasteiger partial charge in [0.15, 0.2) is 0 Å². The molecule has 0 fully saturated rings. The Balaban J connectivity index is 0.000000140. The van der Waals surface area contributed by atoms with Gasteiger partial charge in [0.05, 0.1) is 45.8 Å². The molecule has 412 valence electrons. The molecule has 0 amide bonds. The Hall–Kier alpha value is -10.8. The Kier molecular flexibility index (Phi) is 12.3. The standard InChI is InChI=1S/C46H28N2S.C36H24N2S/c1-3-11-29(12-4-1)31-19-22-35-36-23-20-32(30-13-5-2-6-14-30)26-41(36)46-45(40(35)25-31)47-28-42(48-46)37-16-8-7-15-34(37)33-21-24-44-39(27-33)38-17-9-10-18-43(38)49-44;1-21-11-14-25-26-15-12-22(2)18-31(26)36-35(30(25)17-21)37-20-32(38-36)27-8-4-3-7-24(27)23-13-16-34-29(19-23)28-9-5-6-10-33(28)39-34/h1-28H;3-20H,1-2H3. The Labute approximate surface area is 516 Å². The summed E-state index contributed by atoms with van der Waals surface area (Å²) in [4.78, 5) is 21.1. The third kappa shape index (κ3) is 8.79. The Morgan fingerprint density at radius 2 is 0.568 bits per heavy atom. The van der Waals surface area contributed by atoms with Crippen LogP contribution in [0.25, 0.3) is 173 Å². The Bertz CT molecular complexity index is 5850. The summed E-state index contributed by atoms with van der Waals surface area (Å²) in [6, 6.07) is 96.1. The molecule has 0 atom stereocenters. The highest BCUT2D eigenvalue weighted by molar-refractivity contribution is 7.26. The quantitative estimate of drug-likeness (QED) is 0.156. The summed E-state index contributed by atoms with van der Waals surface area (Å²) in [7, 11) is 0. The molecule has 4 aromatic heterocycles. The van der Waals surface area contributed by atoms with Gasteiger partial charge in [0.25, 0.3) is 0 Å². The van der Waals surface area contributed by atoms with Gasteiger partial charge in [-0.05, 0) is 141 Å². The van der Waals surface area contributed by atoms with Crippen molar-refractivity contribution in [3.05, 3.63) is 290 Å². The summed E-state index contributed by atoms with van der Waals surface area (Å²) in [6.45, 7) is 4.28. The van der Waals surface area contributed by atoms with Crippen LogP contribution in [0.1, 0.15) is 11.1 Å². The Morgan fingerprint density at radius 1 is 0.227 bits per heavy atom. The minimum absolute atomic E-state index is 0.864. The molecule has 4 heterocycles. The first kappa shape index (κ1) is 51.6. The molecule has 0 saturated heterocycles.